The highest BCUT2D eigenvalue weighted by atomic mass is 35.5. The number of hydrogen-bond acceptors (Lipinski definition) is 5. The van der Waals surface area contributed by atoms with Crippen LogP contribution < -0.4 is 5.43 Å². The molecule has 7 heteroatoms. The molecule has 24 heavy (non-hydrogen) atoms. The Morgan fingerprint density at radius 2 is 2.04 bits per heavy atom. The van der Waals surface area contributed by atoms with Crippen molar-refractivity contribution in [3.05, 3.63) is 74.9 Å². The van der Waals surface area contributed by atoms with Crippen LogP contribution in [0.25, 0.3) is 10.9 Å². The summed E-state index contributed by atoms with van der Waals surface area (Å²) in [6, 6.07) is 14.0. The summed E-state index contributed by atoms with van der Waals surface area (Å²) in [5.41, 5.74) is 5.43. The maximum Gasteiger partial charge on any atom is 0.294 e. The van der Waals surface area contributed by atoms with E-state index in [1.54, 1.807) is 18.2 Å². The third kappa shape index (κ3) is 3.18. The fourth-order valence-corrected chi connectivity index (χ4v) is 2.52. The highest BCUT2D eigenvalue weighted by Gasteiger charge is 2.11. The minimum absolute atomic E-state index is 0.0481. The molecule has 1 heterocycles. The van der Waals surface area contributed by atoms with Gasteiger partial charge in [-0.2, -0.15) is 5.10 Å². The summed E-state index contributed by atoms with van der Waals surface area (Å²) < 4.78 is 0. The number of nitro benzene ring substituents is 1. The van der Waals surface area contributed by atoms with E-state index in [1.165, 1.54) is 12.3 Å². The first-order valence-corrected chi connectivity index (χ1v) is 7.52. The van der Waals surface area contributed by atoms with Crippen LogP contribution in [0, 0.1) is 17.0 Å². The third-order valence-corrected chi connectivity index (χ3v) is 3.82. The summed E-state index contributed by atoms with van der Waals surface area (Å²) >= 11 is 6.20. The van der Waals surface area contributed by atoms with E-state index >= 15 is 0 Å². The molecule has 0 saturated carbocycles. The van der Waals surface area contributed by atoms with Crippen LogP contribution in [0.15, 0.2) is 53.6 Å². The van der Waals surface area contributed by atoms with Crippen molar-refractivity contribution >= 4 is 40.1 Å². The Labute approximate surface area is 142 Å². The highest BCUT2D eigenvalue weighted by molar-refractivity contribution is 6.32. The Morgan fingerprint density at radius 1 is 1.25 bits per heavy atom. The summed E-state index contributed by atoms with van der Waals surface area (Å²) in [6.45, 7) is 1.97. The Kier molecular flexibility index (Phi) is 4.39. The third-order valence-electron chi connectivity index (χ3n) is 3.52. The summed E-state index contributed by atoms with van der Waals surface area (Å²) in [4.78, 5) is 14.9. The number of nitrogens with one attached hydrogen (secondary N) is 1. The molecule has 1 aromatic heterocycles. The van der Waals surface area contributed by atoms with Crippen molar-refractivity contribution in [1.29, 1.82) is 0 Å². The maximum atomic E-state index is 11.0. The second-order valence-electron chi connectivity index (χ2n) is 5.16. The van der Waals surface area contributed by atoms with Gasteiger partial charge in [0.15, 0.2) is 0 Å². The Bertz CT molecular complexity index is 956. The summed E-state index contributed by atoms with van der Waals surface area (Å²) in [7, 11) is 0. The van der Waals surface area contributed by atoms with E-state index in [2.05, 4.69) is 15.5 Å². The van der Waals surface area contributed by atoms with E-state index in [0.29, 0.717) is 16.4 Å². The van der Waals surface area contributed by atoms with Gasteiger partial charge >= 0.3 is 0 Å². The van der Waals surface area contributed by atoms with Crippen molar-refractivity contribution < 1.29 is 4.92 Å². The van der Waals surface area contributed by atoms with Crippen molar-refractivity contribution in [2.45, 2.75) is 6.92 Å². The van der Waals surface area contributed by atoms with E-state index < -0.39 is 4.92 Å². The average molecular weight is 341 g/mol. The van der Waals surface area contributed by atoms with Crippen molar-refractivity contribution in [2.75, 3.05) is 5.43 Å². The molecular weight excluding hydrogens is 328 g/mol. The number of fused-ring (bicyclic) bond motifs is 1. The summed E-state index contributed by atoms with van der Waals surface area (Å²) in [5, 5.41) is 16.3. The molecule has 120 valence electrons. The van der Waals surface area contributed by atoms with Gasteiger partial charge in [-0.15, -0.1) is 0 Å². The lowest BCUT2D eigenvalue weighted by Gasteiger charge is -2.05. The summed E-state index contributed by atoms with van der Waals surface area (Å²) in [6.07, 6.45) is 1.49. The van der Waals surface area contributed by atoms with E-state index in [1.807, 2.05) is 31.2 Å². The number of nitrogens with zero attached hydrogens (tertiary/aromatic N) is 3. The van der Waals surface area contributed by atoms with Gasteiger partial charge in [-0.25, -0.2) is 4.98 Å². The number of hydrogen-bond donors (Lipinski definition) is 1. The molecule has 0 bridgehead atoms. The predicted octanol–water partition coefficient (Wildman–Crippen LogP) is 4.55. The molecule has 6 nitrogen and oxygen atoms in total. The first-order valence-electron chi connectivity index (χ1n) is 7.14. The van der Waals surface area contributed by atoms with Gasteiger partial charge in [-0.1, -0.05) is 41.9 Å². The zero-order chi connectivity index (χ0) is 17.1. The topological polar surface area (TPSA) is 80.4 Å². The number of rotatable bonds is 4. The van der Waals surface area contributed by atoms with Gasteiger partial charge in [-0.3, -0.25) is 15.5 Å². The van der Waals surface area contributed by atoms with Gasteiger partial charge < -0.3 is 0 Å². The lowest BCUT2D eigenvalue weighted by molar-refractivity contribution is -0.384. The molecule has 0 spiro atoms. The molecule has 0 unspecified atom stereocenters. The average Bonchev–Trinajstić information content (AvgIpc) is 2.56. The molecule has 0 atom stereocenters. The molecule has 1 N–H and O–H groups in total. The minimum Gasteiger partial charge on any atom is -0.272 e. The Morgan fingerprint density at radius 3 is 2.83 bits per heavy atom. The van der Waals surface area contributed by atoms with Crippen molar-refractivity contribution in [3.63, 3.8) is 0 Å². The van der Waals surface area contributed by atoms with Crippen LogP contribution >= 0.6 is 11.6 Å². The van der Waals surface area contributed by atoms with E-state index in [0.717, 1.165) is 16.5 Å². The molecule has 0 saturated heterocycles. The minimum atomic E-state index is -0.467. The normalized spacial score (nSPS) is 11.1. The number of para-hydroxylation sites is 3. The number of hydrazone groups is 1. The van der Waals surface area contributed by atoms with Crippen LogP contribution in [-0.2, 0) is 0 Å². The quantitative estimate of drug-likeness (QED) is 0.327. The van der Waals surface area contributed by atoms with Gasteiger partial charge in [0, 0.05) is 17.0 Å². The lowest BCUT2D eigenvalue weighted by atomic mass is 10.1. The number of pyridine rings is 1. The Hall–Kier alpha value is -2.99. The first kappa shape index (κ1) is 15.9. The number of anilines is 1. The number of halogens is 1. The fraction of sp³-hybridized carbons (Fsp3) is 0.0588. The molecule has 3 rings (SSSR count). The molecule has 0 fully saturated rings. The SMILES string of the molecule is Cc1cccc2cc(/C=N\Nc3ccccc3[N+](=O)[O-])c(Cl)nc12. The largest absolute Gasteiger partial charge is 0.294 e. The number of nitro groups is 1. The van der Waals surface area contributed by atoms with E-state index in [4.69, 9.17) is 11.6 Å². The summed E-state index contributed by atoms with van der Waals surface area (Å²) in [5.74, 6) is 0. The zero-order valence-corrected chi connectivity index (χ0v) is 13.5. The Balaban J connectivity index is 1.89. The molecule has 0 radical (unpaired) electrons. The van der Waals surface area contributed by atoms with Gasteiger partial charge in [-0.05, 0) is 24.6 Å². The van der Waals surface area contributed by atoms with Crippen LogP contribution in [0.2, 0.25) is 5.15 Å². The van der Waals surface area contributed by atoms with Crippen LogP contribution in [-0.4, -0.2) is 16.1 Å². The van der Waals surface area contributed by atoms with E-state index in [-0.39, 0.29) is 5.69 Å². The molecule has 0 amide bonds. The van der Waals surface area contributed by atoms with Crippen molar-refractivity contribution in [3.8, 4) is 0 Å². The zero-order valence-electron chi connectivity index (χ0n) is 12.7. The smallest absolute Gasteiger partial charge is 0.272 e. The second-order valence-corrected chi connectivity index (χ2v) is 5.52. The van der Waals surface area contributed by atoms with E-state index in [9.17, 15) is 10.1 Å². The fourth-order valence-electron chi connectivity index (χ4n) is 2.33. The maximum absolute atomic E-state index is 11.0. The second kappa shape index (κ2) is 6.64. The molecule has 3 aromatic rings. The van der Waals surface area contributed by atoms with Gasteiger partial charge in [0.1, 0.15) is 10.8 Å². The molecular formula is C17H13ClN4O2. The lowest BCUT2D eigenvalue weighted by Crippen LogP contribution is -1.97. The number of aromatic nitrogens is 1. The molecule has 2 aromatic carbocycles. The van der Waals surface area contributed by atoms with Gasteiger partial charge in [0.05, 0.1) is 16.7 Å². The highest BCUT2D eigenvalue weighted by Crippen LogP contribution is 2.24. The van der Waals surface area contributed by atoms with Gasteiger partial charge in [0.25, 0.3) is 5.69 Å². The van der Waals surface area contributed by atoms with Crippen LogP contribution in [0.4, 0.5) is 11.4 Å². The monoisotopic (exact) mass is 340 g/mol. The van der Waals surface area contributed by atoms with Crippen molar-refractivity contribution in [2.24, 2.45) is 5.10 Å². The van der Waals surface area contributed by atoms with Crippen LogP contribution in [0.3, 0.4) is 0 Å². The first-order chi connectivity index (χ1) is 11.6. The van der Waals surface area contributed by atoms with Gasteiger partial charge in [0.2, 0.25) is 0 Å². The number of aryl methyl sites for hydroxylation is 1. The van der Waals surface area contributed by atoms with Crippen LogP contribution in [0.5, 0.6) is 0 Å². The standard InChI is InChI=1S/C17H13ClN4O2/c1-11-5-4-6-12-9-13(17(18)20-16(11)12)10-19-21-14-7-2-3-8-15(14)22(23)24/h2-10,21H,1H3/b19-10-. The number of benzene rings is 2. The molecule has 0 aliphatic rings. The predicted molar refractivity (Wildman–Crippen MR) is 95.8 cm³/mol. The molecule has 0 aliphatic heterocycles. The molecule has 0 aliphatic carbocycles. The van der Waals surface area contributed by atoms with Crippen molar-refractivity contribution in [1.82, 2.24) is 4.98 Å². The van der Waals surface area contributed by atoms with Crippen LogP contribution in [0.1, 0.15) is 11.1 Å².